The minimum absolute atomic E-state index is 0.00610. The van der Waals surface area contributed by atoms with E-state index in [0.29, 0.717) is 36.7 Å². The van der Waals surface area contributed by atoms with Gasteiger partial charge in [0.1, 0.15) is 23.9 Å². The van der Waals surface area contributed by atoms with Crippen LogP contribution in [0.1, 0.15) is 12.2 Å². The number of fused-ring (bicyclic) bond motifs is 1. The van der Waals surface area contributed by atoms with E-state index in [1.807, 2.05) is 0 Å². The highest BCUT2D eigenvalue weighted by Crippen LogP contribution is 2.41. The van der Waals surface area contributed by atoms with Crippen molar-refractivity contribution in [1.82, 2.24) is 9.97 Å². The molecule has 4 rings (SSSR count). The molecule has 38 heavy (non-hydrogen) atoms. The number of methoxy groups -OCH3 is 2. The van der Waals surface area contributed by atoms with Crippen LogP contribution in [0.15, 0.2) is 41.3 Å². The van der Waals surface area contributed by atoms with Crippen LogP contribution in [-0.4, -0.2) is 64.3 Å². The number of rotatable bonds is 13. The first-order valence-electron chi connectivity index (χ1n) is 11.4. The highest BCUT2D eigenvalue weighted by Gasteiger charge is 2.26. The first kappa shape index (κ1) is 27.5. The molecule has 0 spiro atoms. The van der Waals surface area contributed by atoms with Crippen LogP contribution in [0.3, 0.4) is 0 Å². The third kappa shape index (κ3) is 6.48. The summed E-state index contributed by atoms with van der Waals surface area (Å²) in [6.45, 7) is -0.0222. The molecule has 1 aromatic heterocycles. The molecular formula is C24H26ClN3O9S. The van der Waals surface area contributed by atoms with Crippen LogP contribution in [0.4, 0.5) is 5.82 Å². The van der Waals surface area contributed by atoms with E-state index in [4.69, 9.17) is 40.0 Å². The topological polar surface area (TPSA) is 148 Å². The average molecular weight is 568 g/mol. The van der Waals surface area contributed by atoms with E-state index in [2.05, 4.69) is 14.7 Å². The number of aromatic nitrogens is 2. The average Bonchev–Trinajstić information content (AvgIpc) is 3.38. The SMILES string of the molecule is COCCCc1nc(NS(=O)(=O)c2ccc3c(c2)OCO3)c(Oc2cc(OC)ccc2Cl)c(OCCO)n1. The van der Waals surface area contributed by atoms with Gasteiger partial charge in [-0.05, 0) is 30.7 Å². The summed E-state index contributed by atoms with van der Waals surface area (Å²) < 4.78 is 61.8. The predicted molar refractivity (Wildman–Crippen MR) is 136 cm³/mol. The Morgan fingerprint density at radius 2 is 1.89 bits per heavy atom. The summed E-state index contributed by atoms with van der Waals surface area (Å²) in [4.78, 5) is 8.71. The largest absolute Gasteiger partial charge is 0.497 e. The number of anilines is 1. The molecule has 0 bridgehead atoms. The number of hydrogen-bond donors (Lipinski definition) is 2. The normalized spacial score (nSPS) is 12.3. The van der Waals surface area contributed by atoms with Gasteiger partial charge in [-0.25, -0.2) is 13.4 Å². The number of hydrogen-bond acceptors (Lipinski definition) is 11. The van der Waals surface area contributed by atoms with Crippen molar-refractivity contribution in [2.75, 3.05) is 45.6 Å². The molecule has 14 heteroatoms. The number of benzene rings is 2. The maximum absolute atomic E-state index is 13.4. The second kappa shape index (κ2) is 12.3. The number of sulfonamides is 1. The fraction of sp³-hybridized carbons (Fsp3) is 0.333. The van der Waals surface area contributed by atoms with Gasteiger partial charge < -0.3 is 33.5 Å². The first-order valence-corrected chi connectivity index (χ1v) is 13.3. The van der Waals surface area contributed by atoms with Crippen molar-refractivity contribution in [1.29, 1.82) is 0 Å². The van der Waals surface area contributed by atoms with Gasteiger partial charge in [-0.2, -0.15) is 4.98 Å². The van der Waals surface area contributed by atoms with Crippen LogP contribution in [0, 0.1) is 0 Å². The van der Waals surface area contributed by atoms with Crippen molar-refractivity contribution in [3.05, 3.63) is 47.2 Å². The Morgan fingerprint density at radius 3 is 2.66 bits per heavy atom. The Labute approximate surface area is 224 Å². The van der Waals surface area contributed by atoms with Gasteiger partial charge in [0.05, 0.1) is 23.6 Å². The number of nitrogens with one attached hydrogen (secondary N) is 1. The lowest BCUT2D eigenvalue weighted by Gasteiger charge is -2.18. The van der Waals surface area contributed by atoms with Crippen molar-refractivity contribution in [3.8, 4) is 34.6 Å². The van der Waals surface area contributed by atoms with Crippen LogP contribution in [-0.2, 0) is 21.2 Å². The maximum atomic E-state index is 13.4. The molecule has 2 aromatic carbocycles. The predicted octanol–water partition coefficient (Wildman–Crippen LogP) is 3.41. The smallest absolute Gasteiger partial charge is 0.263 e. The monoisotopic (exact) mass is 567 g/mol. The molecule has 2 N–H and O–H groups in total. The summed E-state index contributed by atoms with van der Waals surface area (Å²) in [6.07, 6.45) is 0.911. The van der Waals surface area contributed by atoms with Crippen LogP contribution in [0.2, 0.25) is 5.02 Å². The maximum Gasteiger partial charge on any atom is 0.263 e. The standard InChI is InChI=1S/C24H26ClN3O9S/c1-32-10-3-4-21-26-23(28-38(30,31)16-6-8-18-20(13-16)36-14-35-18)22(24(27-21)34-11-9-29)37-19-12-15(33-2)5-7-17(19)25/h5-8,12-13,29H,3-4,9-11,14H2,1-2H3,(H,26,27,28). The summed E-state index contributed by atoms with van der Waals surface area (Å²) in [7, 11) is -1.15. The minimum atomic E-state index is -4.19. The van der Waals surface area contributed by atoms with Crippen molar-refractivity contribution in [2.24, 2.45) is 0 Å². The Morgan fingerprint density at radius 1 is 1.08 bits per heavy atom. The van der Waals surface area contributed by atoms with Gasteiger partial charge in [0.2, 0.25) is 12.5 Å². The zero-order valence-electron chi connectivity index (χ0n) is 20.6. The molecule has 12 nitrogen and oxygen atoms in total. The number of halogens is 1. The number of aliphatic hydroxyl groups is 1. The molecule has 204 valence electrons. The zero-order chi connectivity index (χ0) is 27.1. The zero-order valence-corrected chi connectivity index (χ0v) is 22.2. The molecule has 2 heterocycles. The summed E-state index contributed by atoms with van der Waals surface area (Å²) in [6, 6.07) is 8.92. The van der Waals surface area contributed by atoms with Gasteiger partial charge in [-0.15, -0.1) is 0 Å². The third-order valence-electron chi connectivity index (χ3n) is 5.20. The van der Waals surface area contributed by atoms with E-state index >= 15 is 0 Å². The van der Waals surface area contributed by atoms with Gasteiger partial charge in [-0.3, -0.25) is 4.72 Å². The van der Waals surface area contributed by atoms with Gasteiger partial charge in [0.25, 0.3) is 15.9 Å². The van der Waals surface area contributed by atoms with Crippen LogP contribution in [0.5, 0.6) is 34.6 Å². The second-order valence-corrected chi connectivity index (χ2v) is 9.90. The van der Waals surface area contributed by atoms with Gasteiger partial charge >= 0.3 is 0 Å². The highest BCUT2D eigenvalue weighted by molar-refractivity contribution is 7.92. The van der Waals surface area contributed by atoms with Crippen LogP contribution in [0.25, 0.3) is 0 Å². The van der Waals surface area contributed by atoms with Gasteiger partial charge in [0.15, 0.2) is 17.3 Å². The van der Waals surface area contributed by atoms with E-state index in [1.54, 1.807) is 19.2 Å². The van der Waals surface area contributed by atoms with E-state index in [0.717, 1.165) is 0 Å². The van der Waals surface area contributed by atoms with E-state index in [1.165, 1.54) is 31.4 Å². The number of aliphatic hydroxyl groups excluding tert-OH is 1. The molecule has 0 radical (unpaired) electrons. The molecule has 1 aliphatic heterocycles. The molecule has 0 saturated heterocycles. The molecule has 0 atom stereocenters. The molecule has 1 aliphatic rings. The van der Waals surface area contributed by atoms with E-state index in [-0.39, 0.29) is 58.9 Å². The van der Waals surface area contributed by atoms with Crippen molar-refractivity contribution in [3.63, 3.8) is 0 Å². The fourth-order valence-electron chi connectivity index (χ4n) is 3.39. The Bertz CT molecular complexity index is 1390. The molecule has 0 saturated carbocycles. The number of nitrogens with zero attached hydrogens (tertiary/aromatic N) is 2. The fourth-order valence-corrected chi connectivity index (χ4v) is 4.57. The number of ether oxygens (including phenoxy) is 6. The quantitative estimate of drug-likeness (QED) is 0.293. The van der Waals surface area contributed by atoms with E-state index in [9.17, 15) is 13.5 Å². The van der Waals surface area contributed by atoms with Crippen LogP contribution < -0.4 is 28.4 Å². The Balaban J connectivity index is 1.78. The summed E-state index contributed by atoms with van der Waals surface area (Å²) >= 11 is 6.33. The third-order valence-corrected chi connectivity index (χ3v) is 6.84. The Kier molecular flexibility index (Phi) is 8.94. The second-order valence-electron chi connectivity index (χ2n) is 7.81. The minimum Gasteiger partial charge on any atom is -0.497 e. The molecule has 0 aliphatic carbocycles. The van der Waals surface area contributed by atoms with Gasteiger partial charge in [-0.1, -0.05) is 11.6 Å². The van der Waals surface area contributed by atoms with E-state index < -0.39 is 10.0 Å². The molecule has 0 amide bonds. The molecule has 0 unspecified atom stereocenters. The summed E-state index contributed by atoms with van der Waals surface area (Å²) in [5, 5.41) is 9.56. The van der Waals surface area contributed by atoms with Crippen molar-refractivity contribution < 1.29 is 41.9 Å². The van der Waals surface area contributed by atoms with Crippen molar-refractivity contribution in [2.45, 2.75) is 17.7 Å². The highest BCUT2D eigenvalue weighted by atomic mass is 35.5. The molecule has 3 aromatic rings. The summed E-state index contributed by atoms with van der Waals surface area (Å²) in [5.74, 6) is 1.13. The van der Waals surface area contributed by atoms with Gasteiger partial charge in [0, 0.05) is 32.3 Å². The lowest BCUT2D eigenvalue weighted by Crippen LogP contribution is -2.17. The lowest BCUT2D eigenvalue weighted by atomic mass is 10.3. The van der Waals surface area contributed by atoms with Crippen LogP contribution >= 0.6 is 11.6 Å². The molecular weight excluding hydrogens is 542 g/mol. The first-order chi connectivity index (χ1) is 18.3. The summed E-state index contributed by atoms with van der Waals surface area (Å²) in [5.41, 5.74) is 0. The molecule has 0 fully saturated rings. The van der Waals surface area contributed by atoms with Crippen molar-refractivity contribution >= 4 is 27.4 Å². The Hall–Kier alpha value is -3.52. The number of aryl methyl sites for hydroxylation is 1. The lowest BCUT2D eigenvalue weighted by molar-refractivity contribution is 0.174.